The number of alkyl halides is 1. The van der Waals surface area contributed by atoms with Gasteiger partial charge in [-0.3, -0.25) is 0 Å². The van der Waals surface area contributed by atoms with E-state index in [1.807, 2.05) is 12.1 Å². The van der Waals surface area contributed by atoms with Gasteiger partial charge < -0.3 is 9.47 Å². The van der Waals surface area contributed by atoms with Gasteiger partial charge in [-0.15, -0.1) is 0 Å². The molecular formula is C15H13BrClFO2. The predicted octanol–water partition coefficient (Wildman–Crippen LogP) is 4.96. The summed E-state index contributed by atoms with van der Waals surface area (Å²) < 4.78 is 24.6. The molecule has 0 aromatic heterocycles. The maximum atomic E-state index is 14.0. The fraction of sp³-hybridized carbons (Fsp3) is 0.200. The van der Waals surface area contributed by atoms with Crippen molar-refractivity contribution >= 4 is 27.5 Å². The van der Waals surface area contributed by atoms with E-state index in [1.165, 1.54) is 7.11 Å². The van der Waals surface area contributed by atoms with Crippen LogP contribution < -0.4 is 9.47 Å². The van der Waals surface area contributed by atoms with Crippen molar-refractivity contribution in [3.8, 4) is 11.5 Å². The molecule has 2 aromatic carbocycles. The first kappa shape index (κ1) is 15.1. The molecule has 0 aliphatic rings. The third-order valence-corrected chi connectivity index (χ3v) is 3.73. The first-order chi connectivity index (χ1) is 9.67. The van der Waals surface area contributed by atoms with Crippen LogP contribution in [0, 0.1) is 5.82 Å². The Labute approximate surface area is 130 Å². The van der Waals surface area contributed by atoms with E-state index in [2.05, 4.69) is 15.9 Å². The number of hydrogen-bond acceptors (Lipinski definition) is 2. The third-order valence-electron chi connectivity index (χ3n) is 2.83. The van der Waals surface area contributed by atoms with Gasteiger partial charge in [-0.25, -0.2) is 4.39 Å². The molecule has 0 heterocycles. The Morgan fingerprint density at radius 2 is 1.85 bits per heavy atom. The predicted molar refractivity (Wildman–Crippen MR) is 81.4 cm³/mol. The molecule has 0 spiro atoms. The van der Waals surface area contributed by atoms with Crippen LogP contribution in [0.2, 0.25) is 5.02 Å². The lowest BCUT2D eigenvalue weighted by Gasteiger charge is -2.13. The van der Waals surface area contributed by atoms with Crippen molar-refractivity contribution in [2.75, 3.05) is 7.11 Å². The number of rotatable bonds is 5. The lowest BCUT2D eigenvalue weighted by molar-refractivity contribution is 0.294. The fourth-order valence-corrected chi connectivity index (χ4v) is 2.49. The zero-order chi connectivity index (χ0) is 14.5. The van der Waals surface area contributed by atoms with E-state index >= 15 is 0 Å². The summed E-state index contributed by atoms with van der Waals surface area (Å²) in [5.41, 5.74) is 1.34. The highest BCUT2D eigenvalue weighted by molar-refractivity contribution is 9.08. The van der Waals surface area contributed by atoms with Gasteiger partial charge in [0, 0.05) is 16.5 Å². The molecule has 0 aliphatic carbocycles. The molecule has 0 bridgehead atoms. The van der Waals surface area contributed by atoms with Gasteiger partial charge in [0.1, 0.15) is 12.4 Å². The fourth-order valence-electron chi connectivity index (χ4n) is 1.80. The summed E-state index contributed by atoms with van der Waals surface area (Å²) in [4.78, 5) is 0. The molecule has 0 N–H and O–H groups in total. The van der Waals surface area contributed by atoms with Crippen LogP contribution in [-0.4, -0.2) is 7.11 Å². The Balaban J connectivity index is 2.21. The minimum absolute atomic E-state index is 0.0900. The van der Waals surface area contributed by atoms with E-state index in [-0.39, 0.29) is 12.4 Å². The van der Waals surface area contributed by atoms with Crippen LogP contribution in [0.25, 0.3) is 0 Å². The van der Waals surface area contributed by atoms with E-state index in [1.54, 1.807) is 24.3 Å². The van der Waals surface area contributed by atoms with Crippen molar-refractivity contribution < 1.29 is 13.9 Å². The first-order valence-corrected chi connectivity index (χ1v) is 7.44. The van der Waals surface area contributed by atoms with E-state index < -0.39 is 5.82 Å². The van der Waals surface area contributed by atoms with Gasteiger partial charge in [0.25, 0.3) is 0 Å². The van der Waals surface area contributed by atoms with Crippen LogP contribution in [0.4, 0.5) is 4.39 Å². The zero-order valence-electron chi connectivity index (χ0n) is 10.8. The minimum atomic E-state index is -0.414. The van der Waals surface area contributed by atoms with Gasteiger partial charge in [-0.1, -0.05) is 51.8 Å². The number of para-hydroxylation sites is 1. The van der Waals surface area contributed by atoms with Crippen LogP contribution in [0.15, 0.2) is 36.4 Å². The monoisotopic (exact) mass is 358 g/mol. The van der Waals surface area contributed by atoms with Crippen LogP contribution in [0.5, 0.6) is 11.5 Å². The van der Waals surface area contributed by atoms with E-state index in [4.69, 9.17) is 21.1 Å². The molecule has 2 rings (SSSR count). The van der Waals surface area contributed by atoms with Gasteiger partial charge >= 0.3 is 0 Å². The summed E-state index contributed by atoms with van der Waals surface area (Å²) in [6.07, 6.45) is 0. The maximum Gasteiger partial charge on any atom is 0.171 e. The molecule has 0 saturated heterocycles. The lowest BCUT2D eigenvalue weighted by Crippen LogP contribution is -2.02. The Morgan fingerprint density at radius 1 is 1.15 bits per heavy atom. The maximum absolute atomic E-state index is 14.0. The molecule has 0 aliphatic heterocycles. The third kappa shape index (κ3) is 3.25. The minimum Gasteiger partial charge on any atom is -0.494 e. The molecule has 20 heavy (non-hydrogen) atoms. The Kier molecular flexibility index (Phi) is 5.26. The van der Waals surface area contributed by atoms with Crippen LogP contribution in [0.3, 0.4) is 0 Å². The van der Waals surface area contributed by atoms with Gasteiger partial charge in [-0.05, 0) is 12.1 Å². The first-order valence-electron chi connectivity index (χ1n) is 5.95. The van der Waals surface area contributed by atoms with Gasteiger partial charge in [0.2, 0.25) is 0 Å². The molecule has 0 unspecified atom stereocenters. The molecule has 0 fully saturated rings. The molecule has 0 radical (unpaired) electrons. The van der Waals surface area contributed by atoms with Crippen molar-refractivity contribution in [2.24, 2.45) is 0 Å². The topological polar surface area (TPSA) is 18.5 Å². The molecule has 106 valence electrons. The van der Waals surface area contributed by atoms with Crippen molar-refractivity contribution in [1.29, 1.82) is 0 Å². The lowest BCUT2D eigenvalue weighted by atomic mass is 10.2. The average molecular weight is 360 g/mol. The molecular weight excluding hydrogens is 347 g/mol. The molecule has 5 heteroatoms. The van der Waals surface area contributed by atoms with Gasteiger partial charge in [0.05, 0.1) is 12.1 Å². The highest BCUT2D eigenvalue weighted by Crippen LogP contribution is 2.31. The van der Waals surface area contributed by atoms with Gasteiger partial charge in [0.15, 0.2) is 11.6 Å². The Hall–Kier alpha value is -1.26. The Bertz CT molecular complexity index is 604. The summed E-state index contributed by atoms with van der Waals surface area (Å²) in [7, 11) is 1.43. The number of hydrogen-bond donors (Lipinski definition) is 0. The molecule has 0 atom stereocenters. The van der Waals surface area contributed by atoms with Crippen LogP contribution in [-0.2, 0) is 11.9 Å². The second-order valence-corrected chi connectivity index (χ2v) is 5.05. The number of halogens is 3. The van der Waals surface area contributed by atoms with Crippen molar-refractivity contribution in [3.63, 3.8) is 0 Å². The molecule has 2 aromatic rings. The SMILES string of the molecule is COc1cccc(COc2c(Cl)cccc2CBr)c1F. The van der Waals surface area contributed by atoms with Crippen LogP contribution in [0.1, 0.15) is 11.1 Å². The van der Waals surface area contributed by atoms with Crippen molar-refractivity contribution in [3.05, 3.63) is 58.4 Å². The second kappa shape index (κ2) is 6.95. The standard InChI is InChI=1S/C15H13BrClFO2/c1-19-13-7-3-5-11(14(13)18)9-20-15-10(8-16)4-2-6-12(15)17/h2-7H,8-9H2,1H3. The summed E-state index contributed by atoms with van der Waals surface area (Å²) in [6.45, 7) is 0.0900. The van der Waals surface area contributed by atoms with Crippen molar-refractivity contribution in [1.82, 2.24) is 0 Å². The zero-order valence-corrected chi connectivity index (χ0v) is 13.2. The highest BCUT2D eigenvalue weighted by Gasteiger charge is 2.12. The van der Waals surface area contributed by atoms with Gasteiger partial charge in [-0.2, -0.15) is 0 Å². The normalized spacial score (nSPS) is 10.4. The summed E-state index contributed by atoms with van der Waals surface area (Å²) in [6, 6.07) is 10.4. The molecule has 0 amide bonds. The Morgan fingerprint density at radius 3 is 2.55 bits per heavy atom. The van der Waals surface area contributed by atoms with Crippen LogP contribution >= 0.6 is 27.5 Å². The number of ether oxygens (including phenoxy) is 2. The molecule has 2 nitrogen and oxygen atoms in total. The highest BCUT2D eigenvalue weighted by atomic mass is 79.9. The largest absolute Gasteiger partial charge is 0.494 e. The smallest absolute Gasteiger partial charge is 0.171 e. The molecule has 0 saturated carbocycles. The number of benzene rings is 2. The average Bonchev–Trinajstić information content (AvgIpc) is 2.47. The van der Waals surface area contributed by atoms with E-state index in [0.717, 1.165) is 5.56 Å². The summed E-state index contributed by atoms with van der Waals surface area (Å²) in [5, 5.41) is 1.12. The summed E-state index contributed by atoms with van der Waals surface area (Å²) in [5.74, 6) is 0.349. The summed E-state index contributed by atoms with van der Waals surface area (Å²) >= 11 is 9.48. The van der Waals surface area contributed by atoms with Crippen molar-refractivity contribution in [2.45, 2.75) is 11.9 Å². The van der Waals surface area contributed by atoms with E-state index in [0.29, 0.717) is 21.7 Å². The quantitative estimate of drug-likeness (QED) is 0.702. The second-order valence-electron chi connectivity index (χ2n) is 4.08. The van der Waals surface area contributed by atoms with E-state index in [9.17, 15) is 4.39 Å². The number of methoxy groups -OCH3 is 1.